The minimum atomic E-state index is -0.837. The van der Waals surface area contributed by atoms with Crippen molar-refractivity contribution in [2.75, 3.05) is 5.32 Å². The van der Waals surface area contributed by atoms with Gasteiger partial charge in [-0.15, -0.1) is 0 Å². The van der Waals surface area contributed by atoms with Gasteiger partial charge in [0.15, 0.2) is 0 Å². The fraction of sp³-hybridized carbons (Fsp3) is 0.550. The molecule has 28 heavy (non-hydrogen) atoms. The van der Waals surface area contributed by atoms with Crippen LogP contribution in [0.3, 0.4) is 0 Å². The van der Waals surface area contributed by atoms with Crippen molar-refractivity contribution in [2.24, 2.45) is 23.7 Å². The number of nitrogens with zero attached hydrogens (tertiary/aromatic N) is 1. The molecule has 0 aromatic heterocycles. The van der Waals surface area contributed by atoms with Crippen molar-refractivity contribution in [3.05, 3.63) is 27.7 Å². The smallest absolute Gasteiger partial charge is 0.247 e. The third-order valence-electron chi connectivity index (χ3n) is 6.55. The number of hydrogen-bond donors (Lipinski definition) is 1. The van der Waals surface area contributed by atoms with E-state index in [4.69, 9.17) is 0 Å². The van der Waals surface area contributed by atoms with E-state index in [0.29, 0.717) is 5.69 Å². The molecule has 7 atom stereocenters. The lowest BCUT2D eigenvalue weighted by Crippen LogP contribution is -2.46. The lowest BCUT2D eigenvalue weighted by molar-refractivity contribution is -0.146. The lowest BCUT2D eigenvalue weighted by atomic mass is 9.81. The highest BCUT2D eigenvalue weighted by Gasteiger charge is 2.67. The molecule has 0 unspecified atom stereocenters. The zero-order valence-corrected chi connectivity index (χ0v) is 20.5. The number of anilines is 1. The van der Waals surface area contributed by atoms with E-state index < -0.39 is 6.04 Å². The van der Waals surface area contributed by atoms with E-state index in [-0.39, 0.29) is 51.0 Å². The molecule has 0 radical (unpaired) electrons. The van der Waals surface area contributed by atoms with E-state index in [2.05, 4.69) is 53.1 Å². The van der Waals surface area contributed by atoms with Crippen LogP contribution in [-0.2, 0) is 14.4 Å². The molecule has 2 saturated carbocycles. The van der Waals surface area contributed by atoms with Gasteiger partial charge < -0.3 is 5.32 Å². The van der Waals surface area contributed by atoms with Crippen LogP contribution in [0.15, 0.2) is 16.6 Å². The number of benzene rings is 1. The molecule has 1 saturated heterocycles. The van der Waals surface area contributed by atoms with Gasteiger partial charge in [0.2, 0.25) is 17.7 Å². The van der Waals surface area contributed by atoms with Crippen molar-refractivity contribution in [2.45, 2.75) is 42.9 Å². The van der Waals surface area contributed by atoms with Crippen molar-refractivity contribution in [1.82, 2.24) is 4.90 Å². The van der Waals surface area contributed by atoms with Crippen LogP contribution >= 0.6 is 47.8 Å². The molecule has 2 aliphatic carbocycles. The first-order valence-electron chi connectivity index (χ1n) is 9.36. The maximum Gasteiger partial charge on any atom is 0.247 e. The summed E-state index contributed by atoms with van der Waals surface area (Å²) in [6.45, 7) is 5.48. The first kappa shape index (κ1) is 20.5. The molecule has 5 nitrogen and oxygen atoms in total. The molecule has 1 aromatic rings. The Balaban J connectivity index is 1.55. The highest BCUT2D eigenvalue weighted by molar-refractivity contribution is 9.12. The molecule has 0 spiro atoms. The van der Waals surface area contributed by atoms with E-state index in [1.54, 1.807) is 6.92 Å². The predicted molar refractivity (Wildman–Crippen MR) is 118 cm³/mol. The molecule has 1 N–H and O–H groups in total. The number of imide groups is 1. The van der Waals surface area contributed by atoms with Gasteiger partial charge in [0.05, 0.1) is 11.8 Å². The van der Waals surface area contributed by atoms with Crippen LogP contribution in [0.2, 0.25) is 0 Å². The molecule has 3 aliphatic rings. The minimum absolute atomic E-state index is 0.146. The number of alkyl halides is 2. The van der Waals surface area contributed by atoms with Crippen LogP contribution in [-0.4, -0.2) is 38.3 Å². The molecular formula is C20H21Br3N2O3. The number of halogens is 3. The molecule has 1 heterocycles. The van der Waals surface area contributed by atoms with Crippen LogP contribution in [0.1, 0.15) is 24.5 Å². The average Bonchev–Trinajstić information content (AvgIpc) is 3.24. The van der Waals surface area contributed by atoms with Crippen LogP contribution in [0, 0.1) is 37.5 Å². The van der Waals surface area contributed by atoms with Crippen molar-refractivity contribution in [3.8, 4) is 0 Å². The fourth-order valence-corrected chi connectivity index (χ4v) is 7.35. The van der Waals surface area contributed by atoms with Crippen LogP contribution in [0.5, 0.6) is 0 Å². The maximum atomic E-state index is 13.1. The number of likely N-dealkylation sites (tertiary alicyclic amines) is 1. The normalized spacial score (nSPS) is 34.7. The van der Waals surface area contributed by atoms with Gasteiger partial charge in [-0.1, -0.05) is 47.8 Å². The number of fused-ring (bicyclic) bond motifs is 5. The van der Waals surface area contributed by atoms with Crippen molar-refractivity contribution in [3.63, 3.8) is 0 Å². The predicted octanol–water partition coefficient (Wildman–Crippen LogP) is 4.17. The van der Waals surface area contributed by atoms with Gasteiger partial charge in [-0.2, -0.15) is 0 Å². The molecule has 3 fully saturated rings. The summed E-state index contributed by atoms with van der Waals surface area (Å²) < 4.78 is 0.970. The maximum absolute atomic E-state index is 13.1. The summed E-state index contributed by atoms with van der Waals surface area (Å²) in [7, 11) is 0. The Labute approximate surface area is 189 Å². The number of rotatable bonds is 3. The van der Waals surface area contributed by atoms with E-state index in [9.17, 15) is 14.4 Å². The third kappa shape index (κ3) is 2.93. The molecule has 150 valence electrons. The Morgan fingerprint density at radius 1 is 1.07 bits per heavy atom. The van der Waals surface area contributed by atoms with E-state index in [0.717, 1.165) is 22.0 Å². The lowest BCUT2D eigenvalue weighted by Gasteiger charge is -2.28. The number of nitrogens with one attached hydrogen (secondary N) is 1. The number of aryl methyl sites for hydroxylation is 2. The Hall–Kier alpha value is -0.730. The van der Waals surface area contributed by atoms with E-state index in [1.807, 2.05) is 26.0 Å². The number of hydrogen-bond acceptors (Lipinski definition) is 3. The number of carbonyl (C=O) groups excluding carboxylic acids is 3. The van der Waals surface area contributed by atoms with Gasteiger partial charge in [0.25, 0.3) is 0 Å². The highest BCUT2D eigenvalue weighted by Crippen LogP contribution is 2.60. The standard InChI is InChI=1S/C20H21Br3N2O3/c1-7-5-13(8(2)4-12(7)21)24-18(26)9(3)25-19(27)14-10-6-11(15(14)20(25)28)17(23)16(10)22/h4-5,9-11,14-17H,6H2,1-3H3,(H,24,26)/t9-,10+,11+,14+,15+,16-,17+/m0/s1. The zero-order chi connectivity index (χ0) is 20.5. The second-order valence-electron chi connectivity index (χ2n) is 8.13. The Morgan fingerprint density at radius 2 is 1.61 bits per heavy atom. The Morgan fingerprint density at radius 3 is 2.14 bits per heavy atom. The SMILES string of the molecule is Cc1cc(NC(=O)[C@H](C)N2C(=O)[C@@H]3[C@H]4C[C@@H]([C@@H](Br)[C@H]4Br)[C@H]3C2=O)c(C)cc1Br. The summed E-state index contributed by atoms with van der Waals surface area (Å²) in [5.74, 6) is -1.05. The quantitative estimate of drug-likeness (QED) is 0.434. The van der Waals surface area contributed by atoms with Crippen molar-refractivity contribution < 1.29 is 14.4 Å². The number of carbonyl (C=O) groups is 3. The zero-order valence-electron chi connectivity index (χ0n) is 15.7. The minimum Gasteiger partial charge on any atom is -0.324 e. The van der Waals surface area contributed by atoms with Crippen LogP contribution < -0.4 is 5.32 Å². The fourth-order valence-electron chi connectivity index (χ4n) is 5.02. The second-order valence-corrected chi connectivity index (χ2v) is 11.1. The summed E-state index contributed by atoms with van der Waals surface area (Å²) >= 11 is 10.8. The molecule has 1 aromatic carbocycles. The summed E-state index contributed by atoms with van der Waals surface area (Å²) in [5.41, 5.74) is 2.61. The molecule has 2 bridgehead atoms. The van der Waals surface area contributed by atoms with Crippen molar-refractivity contribution >= 4 is 71.2 Å². The first-order valence-corrected chi connectivity index (χ1v) is 12.0. The second kappa shape index (κ2) is 7.20. The highest BCUT2D eigenvalue weighted by atomic mass is 79.9. The number of amides is 3. The molecule has 4 rings (SSSR count). The topological polar surface area (TPSA) is 66.5 Å². The van der Waals surface area contributed by atoms with E-state index >= 15 is 0 Å². The van der Waals surface area contributed by atoms with Crippen LogP contribution in [0.4, 0.5) is 5.69 Å². The van der Waals surface area contributed by atoms with Gasteiger partial charge in [-0.3, -0.25) is 19.3 Å². The summed E-state index contributed by atoms with van der Waals surface area (Å²) in [6, 6.07) is 2.99. The largest absolute Gasteiger partial charge is 0.324 e. The monoisotopic (exact) mass is 574 g/mol. The Kier molecular flexibility index (Phi) is 5.28. The first-order chi connectivity index (χ1) is 13.1. The van der Waals surface area contributed by atoms with Gasteiger partial charge in [0.1, 0.15) is 6.04 Å². The molecular weight excluding hydrogens is 556 g/mol. The van der Waals surface area contributed by atoms with Gasteiger partial charge in [0, 0.05) is 19.8 Å². The summed E-state index contributed by atoms with van der Waals surface area (Å²) in [6.07, 6.45) is 0.879. The van der Waals surface area contributed by atoms with E-state index in [1.165, 1.54) is 4.90 Å². The molecule has 3 amide bonds. The van der Waals surface area contributed by atoms with Crippen molar-refractivity contribution in [1.29, 1.82) is 0 Å². The average molecular weight is 577 g/mol. The summed E-state index contributed by atoms with van der Waals surface area (Å²) in [4.78, 5) is 40.6. The third-order valence-corrected chi connectivity index (χ3v) is 10.6. The van der Waals surface area contributed by atoms with Gasteiger partial charge >= 0.3 is 0 Å². The van der Waals surface area contributed by atoms with Crippen LogP contribution in [0.25, 0.3) is 0 Å². The molecule has 8 heteroatoms. The van der Waals surface area contributed by atoms with Gasteiger partial charge in [-0.05, 0) is 62.3 Å². The summed E-state index contributed by atoms with van der Waals surface area (Å²) in [5, 5.41) is 2.89. The molecule has 1 aliphatic heterocycles. The Bertz CT molecular complexity index is 858. The van der Waals surface area contributed by atoms with Gasteiger partial charge in [-0.25, -0.2) is 0 Å².